The van der Waals surface area contributed by atoms with Gasteiger partial charge in [0.1, 0.15) is 5.00 Å². The van der Waals surface area contributed by atoms with Crippen LogP contribution in [0.15, 0.2) is 11.5 Å². The van der Waals surface area contributed by atoms with Gasteiger partial charge in [-0.15, -0.1) is 22.7 Å². The van der Waals surface area contributed by atoms with Gasteiger partial charge in [-0.25, -0.2) is 9.78 Å². The lowest BCUT2D eigenvalue weighted by molar-refractivity contribution is -0.142. The number of aryl methyl sites for hydroxylation is 2. The van der Waals surface area contributed by atoms with Crippen LogP contribution in [-0.2, 0) is 27.2 Å². The van der Waals surface area contributed by atoms with E-state index in [1.54, 1.807) is 0 Å². The van der Waals surface area contributed by atoms with E-state index in [2.05, 4.69) is 10.3 Å². The van der Waals surface area contributed by atoms with Gasteiger partial charge in [0.2, 0.25) is 0 Å². The Bertz CT molecular complexity index is 898. The van der Waals surface area contributed by atoms with Gasteiger partial charge in [-0.05, 0) is 37.8 Å². The molecule has 0 aromatic carbocycles. The summed E-state index contributed by atoms with van der Waals surface area (Å²) in [5.41, 5.74) is 7.41. The predicted molar refractivity (Wildman–Crippen MR) is 100 cm³/mol. The maximum atomic E-state index is 12.0. The van der Waals surface area contributed by atoms with Crippen molar-refractivity contribution in [3.8, 4) is 0 Å². The fourth-order valence-corrected chi connectivity index (χ4v) is 4.60. The first-order chi connectivity index (χ1) is 12.4. The van der Waals surface area contributed by atoms with Crippen molar-refractivity contribution in [2.24, 2.45) is 5.73 Å². The lowest BCUT2D eigenvalue weighted by Crippen LogP contribution is -2.22. The van der Waals surface area contributed by atoms with Gasteiger partial charge >= 0.3 is 5.97 Å². The Balaban J connectivity index is 1.55. The highest BCUT2D eigenvalue weighted by molar-refractivity contribution is 7.17. The van der Waals surface area contributed by atoms with E-state index in [1.807, 2.05) is 12.3 Å². The van der Waals surface area contributed by atoms with Crippen LogP contribution in [0.3, 0.4) is 0 Å². The highest BCUT2D eigenvalue weighted by Gasteiger charge is 2.26. The van der Waals surface area contributed by atoms with Crippen LogP contribution in [0.5, 0.6) is 0 Å². The van der Waals surface area contributed by atoms with E-state index in [0.29, 0.717) is 16.3 Å². The third-order valence-corrected chi connectivity index (χ3v) is 5.79. The number of carbonyl (C=O) groups is 3. The molecule has 1 aliphatic rings. The molecule has 0 unspecified atom stereocenters. The summed E-state index contributed by atoms with van der Waals surface area (Å²) in [6.45, 7) is 1.42. The molecular formula is C17H17N3O4S2. The molecule has 9 heteroatoms. The average molecular weight is 391 g/mol. The van der Waals surface area contributed by atoms with Crippen molar-refractivity contribution in [1.29, 1.82) is 0 Å². The zero-order chi connectivity index (χ0) is 18.7. The second kappa shape index (κ2) is 7.79. The number of thiophene rings is 1. The normalized spacial score (nSPS) is 13.0. The van der Waals surface area contributed by atoms with Crippen molar-refractivity contribution in [3.63, 3.8) is 0 Å². The van der Waals surface area contributed by atoms with Gasteiger partial charge in [-0.2, -0.15) is 0 Å². The summed E-state index contributed by atoms with van der Waals surface area (Å²) in [7, 11) is 0. The Morgan fingerprint density at radius 1 is 1.38 bits per heavy atom. The first-order valence-electron chi connectivity index (χ1n) is 7.95. The van der Waals surface area contributed by atoms with E-state index in [0.717, 1.165) is 34.7 Å². The molecular weight excluding hydrogens is 374 g/mol. The minimum atomic E-state index is -0.644. The van der Waals surface area contributed by atoms with Gasteiger partial charge in [0, 0.05) is 16.3 Å². The molecule has 26 heavy (non-hydrogen) atoms. The molecule has 0 saturated heterocycles. The highest BCUT2D eigenvalue weighted by atomic mass is 32.1. The summed E-state index contributed by atoms with van der Waals surface area (Å²) in [6, 6.07) is 0. The Hall–Kier alpha value is -2.52. The molecule has 2 aromatic rings. The van der Waals surface area contributed by atoms with E-state index in [1.165, 1.54) is 34.8 Å². The highest BCUT2D eigenvalue weighted by Crippen LogP contribution is 2.38. The number of nitrogens with one attached hydrogen (secondary N) is 1. The monoisotopic (exact) mass is 391 g/mol. The fraction of sp³-hybridized carbons (Fsp3) is 0.294. The average Bonchev–Trinajstić information content (AvgIpc) is 3.26. The van der Waals surface area contributed by atoms with Gasteiger partial charge in [0.25, 0.3) is 11.8 Å². The van der Waals surface area contributed by atoms with Crippen LogP contribution in [0.4, 0.5) is 5.00 Å². The summed E-state index contributed by atoms with van der Waals surface area (Å²) < 4.78 is 4.91. The molecule has 1 aliphatic carbocycles. The minimum Gasteiger partial charge on any atom is -0.452 e. The predicted octanol–water partition coefficient (Wildman–Crippen LogP) is 2.30. The maximum absolute atomic E-state index is 12.0. The third kappa shape index (κ3) is 4.17. The summed E-state index contributed by atoms with van der Waals surface area (Å²) in [6.07, 6.45) is 5.40. The van der Waals surface area contributed by atoms with Gasteiger partial charge in [0.15, 0.2) is 6.61 Å². The number of nitrogens with two attached hydrogens (primary N) is 1. The van der Waals surface area contributed by atoms with E-state index in [-0.39, 0.29) is 0 Å². The van der Waals surface area contributed by atoms with Crippen LogP contribution in [0.1, 0.15) is 37.9 Å². The van der Waals surface area contributed by atoms with E-state index in [9.17, 15) is 14.4 Å². The lowest BCUT2D eigenvalue weighted by atomic mass is 10.1. The largest absolute Gasteiger partial charge is 0.452 e. The third-order valence-electron chi connectivity index (χ3n) is 3.79. The molecule has 2 amide bonds. The Labute approximate surface area is 157 Å². The number of nitrogens with zero attached hydrogens (tertiary/aromatic N) is 1. The van der Waals surface area contributed by atoms with Gasteiger partial charge in [-0.3, -0.25) is 9.59 Å². The van der Waals surface area contributed by atoms with Crippen molar-refractivity contribution in [2.75, 3.05) is 11.9 Å². The van der Waals surface area contributed by atoms with E-state index >= 15 is 0 Å². The Morgan fingerprint density at radius 2 is 2.19 bits per heavy atom. The zero-order valence-corrected chi connectivity index (χ0v) is 15.7. The number of aromatic nitrogens is 1. The summed E-state index contributed by atoms with van der Waals surface area (Å²) in [5.74, 6) is -1.72. The van der Waals surface area contributed by atoms with Crippen LogP contribution in [0.25, 0.3) is 6.08 Å². The molecule has 0 radical (unpaired) electrons. The standard InChI is InChI=1S/C17H17N3O4S2/c1-9-19-10(8-25-9)5-6-14(22)24-7-13(21)20-17-15(16(18)23)11-3-2-4-12(11)26-17/h5-6,8H,2-4,7H2,1H3,(H2,18,23)(H,20,21)/b6-5+. The van der Waals surface area contributed by atoms with Crippen molar-refractivity contribution in [1.82, 2.24) is 4.98 Å². The van der Waals surface area contributed by atoms with Gasteiger partial charge in [0.05, 0.1) is 16.3 Å². The number of carbonyl (C=O) groups excluding carboxylic acids is 3. The Kier molecular flexibility index (Phi) is 5.48. The molecule has 2 aromatic heterocycles. The van der Waals surface area contributed by atoms with Crippen LogP contribution in [0, 0.1) is 6.92 Å². The molecule has 3 rings (SSSR count). The smallest absolute Gasteiger partial charge is 0.331 e. The number of hydrogen-bond donors (Lipinski definition) is 2. The molecule has 0 saturated carbocycles. The minimum absolute atomic E-state index is 0.376. The summed E-state index contributed by atoms with van der Waals surface area (Å²) in [5, 5.41) is 5.75. The fourth-order valence-electron chi connectivity index (χ4n) is 2.71. The number of esters is 1. The van der Waals surface area contributed by atoms with Crippen molar-refractivity contribution in [3.05, 3.63) is 38.2 Å². The van der Waals surface area contributed by atoms with Crippen molar-refractivity contribution in [2.45, 2.75) is 26.2 Å². The molecule has 2 heterocycles. The number of ether oxygens (including phenoxy) is 1. The topological polar surface area (TPSA) is 111 Å². The summed E-state index contributed by atoms with van der Waals surface area (Å²) in [4.78, 5) is 40.7. The number of anilines is 1. The van der Waals surface area contributed by atoms with E-state index in [4.69, 9.17) is 10.5 Å². The molecule has 7 nitrogen and oxygen atoms in total. The second-order valence-corrected chi connectivity index (χ2v) is 7.87. The SMILES string of the molecule is Cc1nc(/C=C/C(=O)OCC(=O)Nc2sc3c(c2C(N)=O)CCC3)cs1. The van der Waals surface area contributed by atoms with Crippen LogP contribution in [0.2, 0.25) is 0 Å². The zero-order valence-electron chi connectivity index (χ0n) is 14.0. The number of rotatable bonds is 6. The maximum Gasteiger partial charge on any atom is 0.331 e. The number of hydrogen-bond acceptors (Lipinski definition) is 7. The molecule has 0 fully saturated rings. The van der Waals surface area contributed by atoms with Gasteiger partial charge < -0.3 is 15.8 Å². The lowest BCUT2D eigenvalue weighted by Gasteiger charge is -2.06. The number of thiazole rings is 1. The van der Waals surface area contributed by atoms with E-state index < -0.39 is 24.4 Å². The second-order valence-electron chi connectivity index (χ2n) is 5.71. The molecule has 0 bridgehead atoms. The van der Waals surface area contributed by atoms with Crippen LogP contribution < -0.4 is 11.1 Å². The first-order valence-corrected chi connectivity index (χ1v) is 9.65. The number of fused-ring (bicyclic) bond motifs is 1. The van der Waals surface area contributed by atoms with Crippen molar-refractivity contribution < 1.29 is 19.1 Å². The Morgan fingerprint density at radius 3 is 2.88 bits per heavy atom. The summed E-state index contributed by atoms with van der Waals surface area (Å²) >= 11 is 2.83. The molecule has 0 atom stereocenters. The molecule has 0 spiro atoms. The molecule has 0 aliphatic heterocycles. The first kappa shape index (κ1) is 18.3. The number of primary amides is 1. The van der Waals surface area contributed by atoms with Crippen LogP contribution in [-0.4, -0.2) is 29.4 Å². The van der Waals surface area contributed by atoms with Gasteiger partial charge in [-0.1, -0.05) is 0 Å². The van der Waals surface area contributed by atoms with Crippen LogP contribution >= 0.6 is 22.7 Å². The number of amides is 2. The van der Waals surface area contributed by atoms with Crippen molar-refractivity contribution >= 4 is 51.5 Å². The molecule has 136 valence electrons. The molecule has 3 N–H and O–H groups in total. The quantitative estimate of drug-likeness (QED) is 0.580.